The fourth-order valence-electron chi connectivity index (χ4n) is 3.45. The van der Waals surface area contributed by atoms with Gasteiger partial charge in [0.15, 0.2) is 0 Å². The van der Waals surface area contributed by atoms with Gasteiger partial charge in [-0.15, -0.1) is 12.4 Å². The summed E-state index contributed by atoms with van der Waals surface area (Å²) in [5.74, 6) is -1.20. The Labute approximate surface area is 176 Å². The van der Waals surface area contributed by atoms with Gasteiger partial charge in [0.05, 0.1) is 11.8 Å². The summed E-state index contributed by atoms with van der Waals surface area (Å²) in [6, 6.07) is 16.2. The van der Waals surface area contributed by atoms with Crippen molar-refractivity contribution >= 4 is 24.2 Å². The number of hydrogen-bond donors (Lipinski definition) is 3. The van der Waals surface area contributed by atoms with Gasteiger partial charge in [-0.3, -0.25) is 9.59 Å². The minimum Gasteiger partial charge on any atom is -0.355 e. The van der Waals surface area contributed by atoms with Crippen LogP contribution >= 0.6 is 12.4 Å². The molecule has 1 heterocycles. The van der Waals surface area contributed by atoms with Crippen LogP contribution in [0, 0.1) is 17.7 Å². The number of amides is 2. The maximum atomic E-state index is 12.9. The second-order valence-electron chi connectivity index (χ2n) is 7.07. The van der Waals surface area contributed by atoms with E-state index in [9.17, 15) is 14.0 Å². The number of halogens is 2. The van der Waals surface area contributed by atoms with E-state index in [1.165, 1.54) is 17.7 Å². The third kappa shape index (κ3) is 6.84. The lowest BCUT2D eigenvalue weighted by Gasteiger charge is -2.18. The molecule has 3 N–H and O–H groups in total. The number of carbonyl (C=O) groups excluding carboxylic acids is 2. The first kappa shape index (κ1) is 22.8. The summed E-state index contributed by atoms with van der Waals surface area (Å²) in [5, 5.41) is 9.00. The maximum absolute atomic E-state index is 12.9. The molecular formula is C22H27ClFN3O2. The highest BCUT2D eigenvalue weighted by molar-refractivity contribution is 5.88. The molecule has 0 aromatic heterocycles. The molecule has 2 aromatic rings. The first-order valence-electron chi connectivity index (χ1n) is 9.68. The number of hydrogen-bond acceptors (Lipinski definition) is 3. The van der Waals surface area contributed by atoms with Gasteiger partial charge in [-0.25, -0.2) is 4.39 Å². The molecule has 1 saturated heterocycles. The summed E-state index contributed by atoms with van der Waals surface area (Å²) in [4.78, 5) is 25.0. The standard InChI is InChI=1S/C22H26FN3O2.ClH/c23-18-8-6-17(7-9-18)11-13-26-22(28)20-15-24-14-19(20)21(27)25-12-10-16-4-2-1-3-5-16;/h1-9,19-20,24H,10-15H2,(H,25,27)(H,26,28);1H/t19-,20-;/m1./s1. The molecule has 5 nitrogen and oxygen atoms in total. The minimum absolute atomic E-state index is 0. The molecule has 0 aliphatic carbocycles. The van der Waals surface area contributed by atoms with Crippen molar-refractivity contribution in [1.82, 2.24) is 16.0 Å². The van der Waals surface area contributed by atoms with Crippen molar-refractivity contribution in [1.29, 1.82) is 0 Å². The minimum atomic E-state index is -0.370. The summed E-state index contributed by atoms with van der Waals surface area (Å²) in [6.07, 6.45) is 1.39. The Morgan fingerprint density at radius 3 is 1.83 bits per heavy atom. The Morgan fingerprint density at radius 1 is 0.828 bits per heavy atom. The van der Waals surface area contributed by atoms with Crippen LogP contribution in [0.25, 0.3) is 0 Å². The first-order chi connectivity index (χ1) is 13.6. The third-order valence-corrected chi connectivity index (χ3v) is 5.07. The second-order valence-corrected chi connectivity index (χ2v) is 7.07. The summed E-state index contributed by atoms with van der Waals surface area (Å²) in [5.41, 5.74) is 2.13. The predicted molar refractivity (Wildman–Crippen MR) is 113 cm³/mol. The van der Waals surface area contributed by atoms with Crippen LogP contribution < -0.4 is 16.0 Å². The van der Waals surface area contributed by atoms with Crippen molar-refractivity contribution in [2.75, 3.05) is 26.2 Å². The fraction of sp³-hybridized carbons (Fsp3) is 0.364. The van der Waals surface area contributed by atoms with E-state index in [1.54, 1.807) is 12.1 Å². The third-order valence-electron chi connectivity index (χ3n) is 5.07. The molecule has 156 valence electrons. The molecule has 0 radical (unpaired) electrons. The summed E-state index contributed by atoms with van der Waals surface area (Å²) in [6.45, 7) is 2.02. The molecule has 1 aliphatic rings. The molecule has 2 aromatic carbocycles. The molecule has 2 atom stereocenters. The van der Waals surface area contributed by atoms with E-state index in [-0.39, 0.29) is 41.9 Å². The van der Waals surface area contributed by atoms with Crippen LogP contribution in [0.1, 0.15) is 11.1 Å². The van der Waals surface area contributed by atoms with Crippen LogP contribution in [0.4, 0.5) is 4.39 Å². The van der Waals surface area contributed by atoms with Crippen LogP contribution in [0.5, 0.6) is 0 Å². The lowest BCUT2D eigenvalue weighted by atomic mass is 9.94. The highest BCUT2D eigenvalue weighted by Crippen LogP contribution is 2.17. The number of carbonyl (C=O) groups is 2. The molecule has 29 heavy (non-hydrogen) atoms. The van der Waals surface area contributed by atoms with E-state index in [1.807, 2.05) is 30.3 Å². The zero-order chi connectivity index (χ0) is 19.8. The van der Waals surface area contributed by atoms with Crippen LogP contribution in [0.15, 0.2) is 54.6 Å². The molecule has 0 spiro atoms. The first-order valence-corrected chi connectivity index (χ1v) is 9.68. The summed E-state index contributed by atoms with van der Waals surface area (Å²) in [7, 11) is 0. The zero-order valence-corrected chi connectivity index (χ0v) is 17.0. The van der Waals surface area contributed by atoms with Gasteiger partial charge in [0, 0.05) is 26.2 Å². The van der Waals surface area contributed by atoms with E-state index in [2.05, 4.69) is 16.0 Å². The monoisotopic (exact) mass is 419 g/mol. The molecule has 3 rings (SSSR count). The fourth-order valence-corrected chi connectivity index (χ4v) is 3.45. The van der Waals surface area contributed by atoms with Crippen LogP contribution in [0.2, 0.25) is 0 Å². The van der Waals surface area contributed by atoms with E-state index < -0.39 is 0 Å². The number of rotatable bonds is 8. The van der Waals surface area contributed by atoms with Gasteiger partial charge in [0.25, 0.3) is 0 Å². The summed E-state index contributed by atoms with van der Waals surface area (Å²) >= 11 is 0. The molecule has 7 heteroatoms. The Kier molecular flexibility index (Phi) is 9.09. The number of nitrogens with one attached hydrogen (secondary N) is 3. The Bertz CT molecular complexity index is 786. The molecule has 0 saturated carbocycles. The average molecular weight is 420 g/mol. The van der Waals surface area contributed by atoms with Crippen molar-refractivity contribution in [3.63, 3.8) is 0 Å². The van der Waals surface area contributed by atoms with Gasteiger partial charge in [-0.05, 0) is 36.1 Å². The molecule has 0 unspecified atom stereocenters. The smallest absolute Gasteiger partial charge is 0.225 e. The second kappa shape index (κ2) is 11.5. The quantitative estimate of drug-likeness (QED) is 0.613. The molecule has 0 bridgehead atoms. The van der Waals surface area contributed by atoms with Gasteiger partial charge >= 0.3 is 0 Å². The van der Waals surface area contributed by atoms with Gasteiger partial charge in [0.2, 0.25) is 11.8 Å². The predicted octanol–water partition coefficient (Wildman–Crippen LogP) is 2.10. The lowest BCUT2D eigenvalue weighted by Crippen LogP contribution is -2.42. The van der Waals surface area contributed by atoms with E-state index in [0.717, 1.165) is 12.0 Å². The Balaban J connectivity index is 0.00000300. The van der Waals surface area contributed by atoms with E-state index in [0.29, 0.717) is 32.6 Å². The van der Waals surface area contributed by atoms with Crippen molar-refractivity contribution < 1.29 is 14.0 Å². The average Bonchev–Trinajstić information content (AvgIpc) is 3.20. The molecule has 1 fully saturated rings. The van der Waals surface area contributed by atoms with Gasteiger partial charge in [-0.2, -0.15) is 0 Å². The van der Waals surface area contributed by atoms with Crippen LogP contribution in [-0.2, 0) is 22.4 Å². The van der Waals surface area contributed by atoms with Crippen molar-refractivity contribution in [3.8, 4) is 0 Å². The van der Waals surface area contributed by atoms with Crippen LogP contribution in [0.3, 0.4) is 0 Å². The summed E-state index contributed by atoms with van der Waals surface area (Å²) < 4.78 is 12.9. The molecule has 1 aliphatic heterocycles. The Morgan fingerprint density at radius 2 is 1.31 bits per heavy atom. The topological polar surface area (TPSA) is 70.2 Å². The SMILES string of the molecule is Cl.O=C(NCCc1ccccc1)[C@@H]1CNC[C@H]1C(=O)NCCc1ccc(F)cc1. The van der Waals surface area contributed by atoms with E-state index >= 15 is 0 Å². The maximum Gasteiger partial charge on any atom is 0.225 e. The largest absolute Gasteiger partial charge is 0.355 e. The van der Waals surface area contributed by atoms with E-state index in [4.69, 9.17) is 0 Å². The van der Waals surface area contributed by atoms with Crippen molar-refractivity contribution in [3.05, 3.63) is 71.5 Å². The van der Waals surface area contributed by atoms with Gasteiger partial charge < -0.3 is 16.0 Å². The highest BCUT2D eigenvalue weighted by Gasteiger charge is 2.37. The number of benzene rings is 2. The van der Waals surface area contributed by atoms with Gasteiger partial charge in [0.1, 0.15) is 5.82 Å². The Hall–Kier alpha value is -2.44. The van der Waals surface area contributed by atoms with Crippen molar-refractivity contribution in [2.45, 2.75) is 12.8 Å². The zero-order valence-electron chi connectivity index (χ0n) is 16.2. The lowest BCUT2D eigenvalue weighted by molar-refractivity contribution is -0.132. The highest BCUT2D eigenvalue weighted by atomic mass is 35.5. The molecular weight excluding hydrogens is 393 g/mol. The normalized spacial score (nSPS) is 18.0. The van der Waals surface area contributed by atoms with Crippen molar-refractivity contribution in [2.24, 2.45) is 11.8 Å². The van der Waals surface area contributed by atoms with Crippen LogP contribution in [-0.4, -0.2) is 38.0 Å². The molecule has 2 amide bonds. The van der Waals surface area contributed by atoms with Gasteiger partial charge in [-0.1, -0.05) is 42.5 Å².